The molecule has 2 saturated heterocycles. The third-order valence-electron chi connectivity index (χ3n) is 6.52. The van der Waals surface area contributed by atoms with Crippen molar-refractivity contribution in [3.63, 3.8) is 0 Å². The summed E-state index contributed by atoms with van der Waals surface area (Å²) < 4.78 is 32.7. The molecule has 4 rings (SSSR count). The predicted octanol–water partition coefficient (Wildman–Crippen LogP) is 3.28. The molecule has 0 radical (unpaired) electrons. The first-order valence-electron chi connectivity index (χ1n) is 10.6. The van der Waals surface area contributed by atoms with Crippen LogP contribution in [-0.2, 0) is 9.53 Å². The number of nitrogens with one attached hydrogen (secondary N) is 1. The lowest BCUT2D eigenvalue weighted by molar-refractivity contribution is -0.125. The van der Waals surface area contributed by atoms with Crippen molar-refractivity contribution in [2.24, 2.45) is 11.8 Å². The number of nitrogens with zero attached hydrogens (tertiary/aromatic N) is 1. The van der Waals surface area contributed by atoms with Crippen molar-refractivity contribution in [3.05, 3.63) is 35.4 Å². The second kappa shape index (κ2) is 8.38. The number of piperidine rings is 1. The first-order valence-corrected chi connectivity index (χ1v) is 10.6. The van der Waals surface area contributed by atoms with E-state index >= 15 is 0 Å². The highest BCUT2D eigenvalue weighted by Crippen LogP contribution is 2.39. The smallest absolute Gasteiger partial charge is 0.253 e. The molecule has 0 bridgehead atoms. The normalized spacial score (nSPS) is 23.8. The van der Waals surface area contributed by atoms with E-state index < -0.39 is 11.6 Å². The zero-order valence-corrected chi connectivity index (χ0v) is 16.6. The van der Waals surface area contributed by atoms with Gasteiger partial charge in [0.15, 0.2) is 11.6 Å². The van der Waals surface area contributed by atoms with Crippen LogP contribution in [0, 0.1) is 23.5 Å². The van der Waals surface area contributed by atoms with Gasteiger partial charge in [-0.2, -0.15) is 0 Å². The van der Waals surface area contributed by atoms with Gasteiger partial charge in [0.1, 0.15) is 0 Å². The van der Waals surface area contributed by atoms with Crippen molar-refractivity contribution < 1.29 is 23.1 Å². The van der Waals surface area contributed by atoms with Gasteiger partial charge in [-0.05, 0) is 69.1 Å². The minimum absolute atomic E-state index is 0.175. The van der Waals surface area contributed by atoms with Crippen LogP contribution in [0.5, 0.6) is 0 Å². The number of rotatable bonds is 5. The molecule has 3 aliphatic rings. The van der Waals surface area contributed by atoms with Crippen molar-refractivity contribution in [1.82, 2.24) is 10.2 Å². The summed E-state index contributed by atoms with van der Waals surface area (Å²) in [6, 6.07) is 3.28. The Bertz CT molecular complexity index is 773. The largest absolute Gasteiger partial charge is 0.375 e. The SMILES string of the molecule is O=C(NCCC1CCOC2(CCN(C(=O)c3ccc(F)c(F)c3)CC2)C1)C1CC1. The molecule has 2 amide bonds. The van der Waals surface area contributed by atoms with Gasteiger partial charge in [-0.3, -0.25) is 9.59 Å². The molecule has 2 aliphatic heterocycles. The number of benzene rings is 1. The van der Waals surface area contributed by atoms with Crippen LogP contribution in [0.15, 0.2) is 18.2 Å². The molecule has 1 spiro atoms. The molecular formula is C22H28F2N2O3. The number of carbonyl (C=O) groups is 2. The molecule has 29 heavy (non-hydrogen) atoms. The van der Waals surface area contributed by atoms with E-state index in [1.165, 1.54) is 6.07 Å². The topological polar surface area (TPSA) is 58.6 Å². The third-order valence-corrected chi connectivity index (χ3v) is 6.52. The minimum Gasteiger partial charge on any atom is -0.375 e. The summed E-state index contributed by atoms with van der Waals surface area (Å²) in [5, 5.41) is 3.04. The molecule has 5 nitrogen and oxygen atoms in total. The summed E-state index contributed by atoms with van der Waals surface area (Å²) in [7, 11) is 0. The molecule has 0 aromatic heterocycles. The number of hydrogen-bond donors (Lipinski definition) is 1. The Morgan fingerprint density at radius 3 is 2.59 bits per heavy atom. The van der Waals surface area contributed by atoms with Crippen LogP contribution in [0.3, 0.4) is 0 Å². The molecule has 2 heterocycles. The van der Waals surface area contributed by atoms with Gasteiger partial charge in [0.2, 0.25) is 5.91 Å². The zero-order chi connectivity index (χ0) is 20.4. The Morgan fingerprint density at radius 1 is 1.14 bits per heavy atom. The first-order chi connectivity index (χ1) is 14.0. The maximum atomic E-state index is 13.4. The van der Waals surface area contributed by atoms with E-state index in [-0.39, 0.29) is 28.9 Å². The summed E-state index contributed by atoms with van der Waals surface area (Å²) in [6.07, 6.45) is 6.43. The maximum Gasteiger partial charge on any atom is 0.253 e. The molecule has 1 aromatic carbocycles. The van der Waals surface area contributed by atoms with Gasteiger partial charge < -0.3 is 15.0 Å². The fraction of sp³-hybridized carbons (Fsp3) is 0.636. The predicted molar refractivity (Wildman–Crippen MR) is 103 cm³/mol. The molecule has 1 atom stereocenters. The van der Waals surface area contributed by atoms with Crippen LogP contribution in [-0.4, -0.2) is 48.6 Å². The van der Waals surface area contributed by atoms with Crippen molar-refractivity contribution in [1.29, 1.82) is 0 Å². The lowest BCUT2D eigenvalue weighted by atomic mass is 9.78. The first kappa shape index (κ1) is 20.3. The van der Waals surface area contributed by atoms with Gasteiger partial charge in [-0.1, -0.05) is 0 Å². The van der Waals surface area contributed by atoms with Crippen LogP contribution in [0.1, 0.15) is 55.3 Å². The maximum absolute atomic E-state index is 13.4. The molecule has 1 N–H and O–H groups in total. The van der Waals surface area contributed by atoms with Gasteiger partial charge in [0.05, 0.1) is 5.60 Å². The van der Waals surface area contributed by atoms with Gasteiger partial charge >= 0.3 is 0 Å². The van der Waals surface area contributed by atoms with E-state index in [1.807, 2.05) is 0 Å². The van der Waals surface area contributed by atoms with E-state index in [0.29, 0.717) is 25.6 Å². The Balaban J connectivity index is 1.27. The van der Waals surface area contributed by atoms with Crippen LogP contribution in [0.25, 0.3) is 0 Å². The van der Waals surface area contributed by atoms with Crippen molar-refractivity contribution >= 4 is 11.8 Å². The summed E-state index contributed by atoms with van der Waals surface area (Å²) in [6.45, 7) is 2.51. The number of halogens is 2. The fourth-order valence-electron chi connectivity index (χ4n) is 4.54. The Labute approximate surface area is 169 Å². The summed E-state index contributed by atoms with van der Waals surface area (Å²) in [5.74, 6) is -1.28. The van der Waals surface area contributed by atoms with Crippen LogP contribution in [0.2, 0.25) is 0 Å². The second-order valence-corrected chi connectivity index (χ2v) is 8.67. The number of likely N-dealkylation sites (tertiary alicyclic amines) is 1. The van der Waals surface area contributed by atoms with Gasteiger partial charge in [-0.15, -0.1) is 0 Å². The van der Waals surface area contributed by atoms with E-state index in [9.17, 15) is 18.4 Å². The minimum atomic E-state index is -1.00. The Hall–Kier alpha value is -2.02. The van der Waals surface area contributed by atoms with Crippen LogP contribution in [0.4, 0.5) is 8.78 Å². The lowest BCUT2D eigenvalue weighted by Crippen LogP contribution is -2.51. The lowest BCUT2D eigenvalue weighted by Gasteiger charge is -2.46. The molecule has 1 saturated carbocycles. The quantitative estimate of drug-likeness (QED) is 0.817. The highest BCUT2D eigenvalue weighted by molar-refractivity contribution is 5.94. The second-order valence-electron chi connectivity index (χ2n) is 8.67. The monoisotopic (exact) mass is 406 g/mol. The van der Waals surface area contributed by atoms with E-state index in [0.717, 1.165) is 63.6 Å². The van der Waals surface area contributed by atoms with Crippen molar-refractivity contribution in [3.8, 4) is 0 Å². The highest BCUT2D eigenvalue weighted by atomic mass is 19.2. The molecule has 1 aliphatic carbocycles. The molecule has 1 aromatic rings. The average molecular weight is 406 g/mol. The Kier molecular flexibility index (Phi) is 5.86. The molecular weight excluding hydrogens is 378 g/mol. The van der Waals surface area contributed by atoms with E-state index in [2.05, 4.69) is 5.32 Å². The number of amides is 2. The number of hydrogen-bond acceptors (Lipinski definition) is 3. The van der Waals surface area contributed by atoms with Crippen LogP contribution < -0.4 is 5.32 Å². The Morgan fingerprint density at radius 2 is 1.90 bits per heavy atom. The molecule has 3 fully saturated rings. The summed E-state index contributed by atoms with van der Waals surface area (Å²) in [4.78, 5) is 26.1. The standard InChI is InChI=1S/C22H28F2N2O3/c23-18-4-3-17(13-19(18)24)21(28)26-10-7-22(8-11-26)14-15(6-12-29-22)5-9-25-20(27)16-1-2-16/h3-4,13,15-16H,1-2,5-12,14H2,(H,25,27). The number of ether oxygens (including phenoxy) is 1. The van der Waals surface area contributed by atoms with Gasteiger partial charge in [0.25, 0.3) is 5.91 Å². The molecule has 158 valence electrons. The fourth-order valence-corrected chi connectivity index (χ4v) is 4.54. The molecule has 1 unspecified atom stereocenters. The van der Waals surface area contributed by atoms with Crippen molar-refractivity contribution in [2.45, 2.75) is 50.5 Å². The third kappa shape index (κ3) is 4.77. The van der Waals surface area contributed by atoms with Crippen molar-refractivity contribution in [2.75, 3.05) is 26.2 Å². The number of carbonyl (C=O) groups excluding carboxylic acids is 2. The summed E-state index contributed by atoms with van der Waals surface area (Å²) >= 11 is 0. The van der Waals surface area contributed by atoms with Crippen LogP contribution >= 0.6 is 0 Å². The summed E-state index contributed by atoms with van der Waals surface area (Å²) in [5.41, 5.74) is -0.0393. The average Bonchev–Trinajstić information content (AvgIpc) is 3.56. The zero-order valence-electron chi connectivity index (χ0n) is 16.6. The van der Waals surface area contributed by atoms with E-state index in [4.69, 9.17) is 4.74 Å². The highest BCUT2D eigenvalue weighted by Gasteiger charge is 2.41. The molecule has 7 heteroatoms. The van der Waals surface area contributed by atoms with Gasteiger partial charge in [-0.25, -0.2) is 8.78 Å². The van der Waals surface area contributed by atoms with Gasteiger partial charge in [0, 0.05) is 37.7 Å². The van der Waals surface area contributed by atoms with E-state index in [1.54, 1.807) is 4.90 Å².